The van der Waals surface area contributed by atoms with Crippen molar-refractivity contribution in [3.8, 4) is 0 Å². The molecular formula is C17H22BrN5. The van der Waals surface area contributed by atoms with Crippen molar-refractivity contribution >= 4 is 33.4 Å². The van der Waals surface area contributed by atoms with Gasteiger partial charge in [-0.15, -0.1) is 0 Å². The summed E-state index contributed by atoms with van der Waals surface area (Å²) in [6.45, 7) is 1.52. The molecule has 0 aliphatic heterocycles. The quantitative estimate of drug-likeness (QED) is 0.483. The first kappa shape index (κ1) is 16.2. The van der Waals surface area contributed by atoms with Crippen molar-refractivity contribution in [1.82, 2.24) is 9.97 Å². The van der Waals surface area contributed by atoms with E-state index in [1.165, 1.54) is 24.0 Å². The van der Waals surface area contributed by atoms with Crippen LogP contribution in [0.4, 0.5) is 17.5 Å². The third-order valence-electron chi connectivity index (χ3n) is 3.85. The van der Waals surface area contributed by atoms with Gasteiger partial charge in [0.05, 0.1) is 0 Å². The number of halogens is 1. The molecule has 2 aromatic rings. The van der Waals surface area contributed by atoms with Gasteiger partial charge in [0, 0.05) is 29.3 Å². The van der Waals surface area contributed by atoms with E-state index in [-0.39, 0.29) is 0 Å². The summed E-state index contributed by atoms with van der Waals surface area (Å²) in [4.78, 5) is 9.15. The third-order valence-corrected chi connectivity index (χ3v) is 4.49. The lowest BCUT2D eigenvalue weighted by Gasteiger charge is -2.12. The van der Waals surface area contributed by atoms with E-state index in [4.69, 9.17) is 5.73 Å². The number of hydrogen-bond acceptors (Lipinski definition) is 5. The number of rotatable bonds is 8. The number of benzene rings is 1. The Labute approximate surface area is 145 Å². The molecule has 1 heterocycles. The molecule has 0 spiro atoms. The molecule has 1 aliphatic carbocycles. The van der Waals surface area contributed by atoms with Crippen LogP contribution in [0.5, 0.6) is 0 Å². The van der Waals surface area contributed by atoms with E-state index in [2.05, 4.69) is 48.7 Å². The Balaban J connectivity index is 1.77. The number of alkyl halides is 1. The molecule has 0 unspecified atom stereocenters. The first-order valence-corrected chi connectivity index (χ1v) is 9.15. The van der Waals surface area contributed by atoms with Crippen molar-refractivity contribution < 1.29 is 0 Å². The van der Waals surface area contributed by atoms with E-state index in [9.17, 15) is 0 Å². The average Bonchev–Trinajstić information content (AvgIpc) is 3.40. The Morgan fingerprint density at radius 3 is 2.91 bits per heavy atom. The number of hydrogen-bond donors (Lipinski definition) is 3. The fourth-order valence-electron chi connectivity index (χ4n) is 2.46. The van der Waals surface area contributed by atoms with E-state index in [0.717, 1.165) is 29.8 Å². The van der Waals surface area contributed by atoms with Crippen LogP contribution in [0.3, 0.4) is 0 Å². The molecule has 5 nitrogen and oxygen atoms in total. The maximum absolute atomic E-state index is 5.57. The molecule has 0 radical (unpaired) electrons. The fraction of sp³-hybridized carbons (Fsp3) is 0.412. The van der Waals surface area contributed by atoms with Crippen LogP contribution in [0, 0.1) is 0 Å². The van der Waals surface area contributed by atoms with Gasteiger partial charge in [0.15, 0.2) is 0 Å². The zero-order chi connectivity index (χ0) is 16.1. The van der Waals surface area contributed by atoms with Crippen LogP contribution in [-0.4, -0.2) is 23.1 Å². The molecule has 4 N–H and O–H groups in total. The highest BCUT2D eigenvalue weighted by atomic mass is 79.9. The molecule has 1 aromatic carbocycles. The molecule has 0 amide bonds. The summed E-state index contributed by atoms with van der Waals surface area (Å²) in [7, 11) is 0. The van der Waals surface area contributed by atoms with Crippen molar-refractivity contribution in [2.24, 2.45) is 5.73 Å². The normalized spacial score (nSPS) is 13.8. The largest absolute Gasteiger partial charge is 0.370 e. The van der Waals surface area contributed by atoms with E-state index in [0.29, 0.717) is 18.4 Å². The summed E-state index contributed by atoms with van der Waals surface area (Å²) in [5.74, 6) is 2.17. The molecule has 0 bridgehead atoms. The minimum atomic E-state index is 0.612. The van der Waals surface area contributed by atoms with Crippen molar-refractivity contribution in [2.75, 3.05) is 23.7 Å². The fourth-order valence-corrected chi connectivity index (χ4v) is 2.81. The van der Waals surface area contributed by atoms with Crippen LogP contribution >= 0.6 is 15.9 Å². The molecule has 23 heavy (non-hydrogen) atoms. The van der Waals surface area contributed by atoms with Gasteiger partial charge in [-0.05, 0) is 49.4 Å². The van der Waals surface area contributed by atoms with Crippen molar-refractivity contribution in [2.45, 2.75) is 30.5 Å². The van der Waals surface area contributed by atoms with Gasteiger partial charge in [0.1, 0.15) is 5.82 Å². The molecule has 6 heteroatoms. The van der Waals surface area contributed by atoms with Gasteiger partial charge in [-0.25, -0.2) is 4.98 Å². The van der Waals surface area contributed by atoms with Crippen molar-refractivity contribution in [3.05, 3.63) is 41.6 Å². The molecule has 0 atom stereocenters. The van der Waals surface area contributed by atoms with Gasteiger partial charge in [-0.3, -0.25) is 0 Å². The van der Waals surface area contributed by atoms with Crippen LogP contribution in [0.1, 0.15) is 36.3 Å². The highest BCUT2D eigenvalue weighted by Gasteiger charge is 2.27. The van der Waals surface area contributed by atoms with E-state index >= 15 is 0 Å². The minimum Gasteiger partial charge on any atom is -0.370 e. The highest BCUT2D eigenvalue weighted by molar-refractivity contribution is 9.08. The zero-order valence-electron chi connectivity index (χ0n) is 13.1. The Hall–Kier alpha value is -1.66. The molecule has 1 saturated carbocycles. The van der Waals surface area contributed by atoms with Gasteiger partial charge in [0.2, 0.25) is 5.95 Å². The highest BCUT2D eigenvalue weighted by Crippen LogP contribution is 2.42. The topological polar surface area (TPSA) is 75.9 Å². The molecule has 3 rings (SSSR count). The second kappa shape index (κ2) is 7.75. The minimum absolute atomic E-state index is 0.612. The SMILES string of the molecule is NCCCNc1nc(Nc2cccc(CBr)c2)ncc1C1CC1. The van der Waals surface area contributed by atoms with Crippen LogP contribution < -0.4 is 16.4 Å². The van der Waals surface area contributed by atoms with Crippen molar-refractivity contribution in [1.29, 1.82) is 0 Å². The van der Waals surface area contributed by atoms with Gasteiger partial charge < -0.3 is 16.4 Å². The monoisotopic (exact) mass is 375 g/mol. The molecule has 122 valence electrons. The van der Waals surface area contributed by atoms with E-state index in [1.54, 1.807) is 0 Å². The number of anilines is 3. The lowest BCUT2D eigenvalue weighted by atomic mass is 10.2. The summed E-state index contributed by atoms with van der Waals surface area (Å²) >= 11 is 3.48. The summed E-state index contributed by atoms with van der Waals surface area (Å²) in [6.07, 6.45) is 5.35. The van der Waals surface area contributed by atoms with Crippen LogP contribution in [-0.2, 0) is 5.33 Å². The third kappa shape index (κ3) is 4.42. The Morgan fingerprint density at radius 2 is 2.17 bits per heavy atom. The smallest absolute Gasteiger partial charge is 0.229 e. The Kier molecular flexibility index (Phi) is 5.46. The first-order valence-electron chi connectivity index (χ1n) is 8.03. The number of nitrogens with two attached hydrogens (primary N) is 1. The first-order chi connectivity index (χ1) is 11.3. The zero-order valence-corrected chi connectivity index (χ0v) is 14.6. The van der Waals surface area contributed by atoms with Crippen LogP contribution in [0.2, 0.25) is 0 Å². The standard InChI is InChI=1S/C17H22BrN5/c18-10-12-3-1-4-14(9-12)22-17-21-11-15(13-5-6-13)16(23-17)20-8-2-7-19/h1,3-4,9,11,13H,2,5-8,10,19H2,(H2,20,21,22,23). The predicted octanol–water partition coefficient (Wildman–Crippen LogP) is 3.75. The number of nitrogens with one attached hydrogen (secondary N) is 2. The lowest BCUT2D eigenvalue weighted by molar-refractivity contribution is 0.865. The van der Waals surface area contributed by atoms with Gasteiger partial charge in [-0.1, -0.05) is 28.1 Å². The maximum Gasteiger partial charge on any atom is 0.229 e. The summed E-state index contributed by atoms with van der Waals surface area (Å²) in [5, 5.41) is 7.52. The molecule has 0 saturated heterocycles. The Morgan fingerprint density at radius 1 is 1.30 bits per heavy atom. The molecule has 1 aromatic heterocycles. The van der Waals surface area contributed by atoms with Crippen LogP contribution in [0.25, 0.3) is 0 Å². The van der Waals surface area contributed by atoms with Gasteiger partial charge in [-0.2, -0.15) is 4.98 Å². The summed E-state index contributed by atoms with van der Waals surface area (Å²) in [6, 6.07) is 8.22. The maximum atomic E-state index is 5.57. The average molecular weight is 376 g/mol. The molecule has 1 aliphatic rings. The van der Waals surface area contributed by atoms with E-state index in [1.807, 2.05) is 18.3 Å². The Bertz CT molecular complexity index is 657. The number of nitrogens with zero attached hydrogens (tertiary/aromatic N) is 2. The molecule has 1 fully saturated rings. The van der Waals surface area contributed by atoms with Gasteiger partial charge >= 0.3 is 0 Å². The second-order valence-corrected chi connectivity index (χ2v) is 6.36. The predicted molar refractivity (Wildman–Crippen MR) is 98.5 cm³/mol. The van der Waals surface area contributed by atoms with E-state index < -0.39 is 0 Å². The second-order valence-electron chi connectivity index (χ2n) is 5.80. The summed E-state index contributed by atoms with van der Waals surface area (Å²) < 4.78 is 0. The lowest BCUT2D eigenvalue weighted by Crippen LogP contribution is -2.12. The molecular weight excluding hydrogens is 354 g/mol. The number of aromatic nitrogens is 2. The summed E-state index contributed by atoms with van der Waals surface area (Å²) in [5.41, 5.74) is 9.01. The van der Waals surface area contributed by atoms with Gasteiger partial charge in [0.25, 0.3) is 0 Å². The van der Waals surface area contributed by atoms with Crippen LogP contribution in [0.15, 0.2) is 30.5 Å². The van der Waals surface area contributed by atoms with Crippen molar-refractivity contribution in [3.63, 3.8) is 0 Å².